The van der Waals surface area contributed by atoms with Crippen molar-refractivity contribution in [2.45, 2.75) is 33.2 Å². The Hall–Kier alpha value is -2.87. The predicted molar refractivity (Wildman–Crippen MR) is 114 cm³/mol. The van der Waals surface area contributed by atoms with E-state index in [1.165, 1.54) is 11.6 Å². The van der Waals surface area contributed by atoms with Gasteiger partial charge in [-0.15, -0.1) is 0 Å². The van der Waals surface area contributed by atoms with Gasteiger partial charge in [-0.05, 0) is 31.4 Å². The van der Waals surface area contributed by atoms with Gasteiger partial charge in [-0.2, -0.15) is 0 Å². The van der Waals surface area contributed by atoms with Crippen LogP contribution in [-0.2, 0) is 7.05 Å². The summed E-state index contributed by atoms with van der Waals surface area (Å²) in [6.07, 6.45) is 0.877. The molecule has 7 nitrogen and oxygen atoms in total. The number of fused-ring (bicyclic) bond motifs is 3. The fourth-order valence-electron chi connectivity index (χ4n) is 3.68. The molecule has 160 valence electrons. The van der Waals surface area contributed by atoms with E-state index in [9.17, 15) is 9.59 Å². The van der Waals surface area contributed by atoms with Crippen molar-refractivity contribution in [2.24, 2.45) is 13.0 Å². The first kappa shape index (κ1) is 21.8. The first-order chi connectivity index (χ1) is 14.1. The Balaban J connectivity index is 2.11. The molecule has 0 fully saturated rings. The lowest BCUT2D eigenvalue weighted by Gasteiger charge is -2.21. The number of benzene rings is 1. The van der Waals surface area contributed by atoms with Gasteiger partial charge in [0.05, 0.1) is 27.7 Å². The van der Waals surface area contributed by atoms with Crippen LogP contribution in [0.4, 0.5) is 9.18 Å². The van der Waals surface area contributed by atoms with Gasteiger partial charge in [-0.1, -0.05) is 25.4 Å². The smallest absolute Gasteiger partial charge is 0.404 e. The molecule has 0 aliphatic heterocycles. The number of aromatic nitrogens is 2. The van der Waals surface area contributed by atoms with Crippen LogP contribution in [0.2, 0.25) is 5.02 Å². The number of hydrogen-bond donors (Lipinski definition) is 2. The lowest BCUT2D eigenvalue weighted by Crippen LogP contribution is -2.39. The maximum Gasteiger partial charge on any atom is 0.404 e. The van der Waals surface area contributed by atoms with E-state index in [0.29, 0.717) is 28.3 Å². The van der Waals surface area contributed by atoms with Crippen LogP contribution < -0.4 is 15.6 Å². The Labute approximate surface area is 177 Å². The second-order valence-corrected chi connectivity index (χ2v) is 8.07. The Morgan fingerprint density at radius 3 is 2.73 bits per heavy atom. The van der Waals surface area contributed by atoms with Gasteiger partial charge < -0.3 is 19.7 Å². The molecule has 1 amide bonds. The summed E-state index contributed by atoms with van der Waals surface area (Å²) in [6.45, 7) is 5.50. The van der Waals surface area contributed by atoms with E-state index in [1.807, 2.05) is 13.8 Å². The molecule has 2 aromatic heterocycles. The predicted octanol–water partition coefficient (Wildman–Crippen LogP) is 4.25. The van der Waals surface area contributed by atoms with Crippen LogP contribution in [0, 0.1) is 18.7 Å². The summed E-state index contributed by atoms with van der Waals surface area (Å²) in [5, 5.41) is 12.9. The molecule has 9 heteroatoms. The number of rotatable bonds is 6. The number of aryl methyl sites for hydroxylation is 2. The number of carboxylic acid groups (broad SMARTS) is 1. The number of hydrogen-bond acceptors (Lipinski definition) is 4. The summed E-state index contributed by atoms with van der Waals surface area (Å²) in [5.74, 6) is -0.788. The average Bonchev–Trinajstić information content (AvgIpc) is 2.64. The van der Waals surface area contributed by atoms with Crippen LogP contribution in [0.5, 0.6) is 5.75 Å². The van der Waals surface area contributed by atoms with Crippen molar-refractivity contribution in [3.8, 4) is 5.75 Å². The summed E-state index contributed by atoms with van der Waals surface area (Å²) < 4.78 is 22.3. The van der Waals surface area contributed by atoms with Gasteiger partial charge >= 0.3 is 6.09 Å². The number of nitrogens with one attached hydrogen (secondary N) is 1. The third-order valence-corrected chi connectivity index (χ3v) is 5.23. The lowest BCUT2D eigenvalue weighted by molar-refractivity contribution is 0.175. The van der Waals surface area contributed by atoms with E-state index in [-0.39, 0.29) is 34.4 Å². The quantitative estimate of drug-likeness (QED) is 0.564. The maximum atomic E-state index is 15.5. The zero-order chi connectivity index (χ0) is 22.2. The van der Waals surface area contributed by atoms with Crippen LogP contribution in [0.3, 0.4) is 0 Å². The molecule has 30 heavy (non-hydrogen) atoms. The number of nitrogens with zero attached hydrogens (tertiary/aromatic N) is 2. The van der Waals surface area contributed by atoms with Gasteiger partial charge in [0.25, 0.3) is 5.56 Å². The number of halogens is 2. The standard InChI is InChI=1S/C21H23ClFN3O4/c1-10(2)7-12(25-21(28)29)9-30-19-15(22)8-14-13-5-6-24-11(3)16(13)20(27)26(4)18(14)17(19)23/h5-6,8,10,12,25H,7,9H2,1-4H3,(H,28,29). The minimum atomic E-state index is -1.19. The second-order valence-electron chi connectivity index (χ2n) is 7.67. The van der Waals surface area contributed by atoms with Gasteiger partial charge in [0, 0.05) is 24.0 Å². The van der Waals surface area contributed by atoms with E-state index >= 15 is 4.39 Å². The van der Waals surface area contributed by atoms with Gasteiger partial charge in [-0.25, -0.2) is 9.18 Å². The summed E-state index contributed by atoms with van der Waals surface area (Å²) in [5.41, 5.74) is 0.229. The molecule has 0 aliphatic rings. The fourth-order valence-corrected chi connectivity index (χ4v) is 3.93. The molecule has 2 heterocycles. The zero-order valence-corrected chi connectivity index (χ0v) is 17.9. The zero-order valence-electron chi connectivity index (χ0n) is 17.1. The van der Waals surface area contributed by atoms with E-state index in [0.717, 1.165) is 0 Å². The molecule has 0 bridgehead atoms. The average molecular weight is 436 g/mol. The monoisotopic (exact) mass is 435 g/mol. The summed E-state index contributed by atoms with van der Waals surface area (Å²) in [4.78, 5) is 28.0. The highest BCUT2D eigenvalue weighted by molar-refractivity contribution is 6.33. The molecule has 0 saturated carbocycles. The lowest BCUT2D eigenvalue weighted by atomic mass is 10.0. The number of ether oxygens (including phenoxy) is 1. The summed E-state index contributed by atoms with van der Waals surface area (Å²) in [6, 6.07) is 2.67. The van der Waals surface area contributed by atoms with E-state index in [4.69, 9.17) is 21.4 Å². The van der Waals surface area contributed by atoms with E-state index in [1.54, 1.807) is 25.3 Å². The molecule has 1 atom stereocenters. The number of pyridine rings is 2. The van der Waals surface area contributed by atoms with E-state index < -0.39 is 18.0 Å². The van der Waals surface area contributed by atoms with Crippen LogP contribution in [0.25, 0.3) is 21.7 Å². The molecule has 1 aromatic carbocycles. The highest BCUT2D eigenvalue weighted by Gasteiger charge is 2.22. The molecule has 1 unspecified atom stereocenters. The topological polar surface area (TPSA) is 93.5 Å². The van der Waals surface area contributed by atoms with Crippen molar-refractivity contribution in [3.63, 3.8) is 0 Å². The maximum absolute atomic E-state index is 15.5. The molecule has 0 aliphatic carbocycles. The Morgan fingerprint density at radius 1 is 1.40 bits per heavy atom. The molecule has 3 aromatic rings. The first-order valence-electron chi connectivity index (χ1n) is 9.50. The summed E-state index contributed by atoms with van der Waals surface area (Å²) in [7, 11) is 1.48. The Kier molecular flexibility index (Phi) is 6.17. The van der Waals surface area contributed by atoms with Crippen LogP contribution in [0.15, 0.2) is 23.1 Å². The molecule has 3 rings (SSSR count). The van der Waals surface area contributed by atoms with Crippen molar-refractivity contribution in [2.75, 3.05) is 6.61 Å². The first-order valence-corrected chi connectivity index (χ1v) is 9.87. The summed E-state index contributed by atoms with van der Waals surface area (Å²) >= 11 is 6.33. The van der Waals surface area contributed by atoms with Crippen molar-refractivity contribution in [1.82, 2.24) is 14.9 Å². The van der Waals surface area contributed by atoms with Crippen molar-refractivity contribution < 1.29 is 19.0 Å². The molecule has 0 saturated heterocycles. The number of carbonyl (C=O) groups is 1. The third-order valence-electron chi connectivity index (χ3n) is 4.95. The molecule has 0 radical (unpaired) electrons. The molecular weight excluding hydrogens is 413 g/mol. The van der Waals surface area contributed by atoms with Crippen molar-refractivity contribution in [3.05, 3.63) is 45.2 Å². The molecular formula is C21H23ClFN3O4. The van der Waals surface area contributed by atoms with Gasteiger partial charge in [0.2, 0.25) is 0 Å². The third kappa shape index (κ3) is 4.05. The van der Waals surface area contributed by atoms with Crippen LogP contribution >= 0.6 is 11.6 Å². The van der Waals surface area contributed by atoms with Crippen molar-refractivity contribution >= 4 is 39.4 Å². The Bertz CT molecular complexity index is 1190. The highest BCUT2D eigenvalue weighted by Crippen LogP contribution is 2.36. The second kappa shape index (κ2) is 8.47. The minimum absolute atomic E-state index is 0.0352. The SMILES string of the molecule is Cc1nccc2c1c(=O)n(C)c1c(F)c(OCC(CC(C)C)NC(=O)O)c(Cl)cc21. The Morgan fingerprint density at radius 2 is 2.10 bits per heavy atom. The largest absolute Gasteiger partial charge is 0.487 e. The molecule has 2 N–H and O–H groups in total. The van der Waals surface area contributed by atoms with Gasteiger partial charge in [-0.3, -0.25) is 9.78 Å². The van der Waals surface area contributed by atoms with Gasteiger partial charge in [0.1, 0.15) is 6.61 Å². The highest BCUT2D eigenvalue weighted by atomic mass is 35.5. The van der Waals surface area contributed by atoms with E-state index in [2.05, 4.69) is 10.3 Å². The van der Waals surface area contributed by atoms with Crippen LogP contribution in [-0.4, -0.2) is 33.4 Å². The fraction of sp³-hybridized carbons (Fsp3) is 0.381. The minimum Gasteiger partial charge on any atom is -0.487 e. The molecule has 0 spiro atoms. The van der Waals surface area contributed by atoms with Crippen LogP contribution in [0.1, 0.15) is 26.0 Å². The normalized spacial score (nSPS) is 12.5. The van der Waals surface area contributed by atoms with Crippen molar-refractivity contribution in [1.29, 1.82) is 0 Å². The van der Waals surface area contributed by atoms with Gasteiger partial charge in [0.15, 0.2) is 11.6 Å². The number of amides is 1.